The van der Waals surface area contributed by atoms with Crippen LogP contribution in [-0.4, -0.2) is 6.21 Å². The number of allylic oxidation sites excluding steroid dienone is 1. The molecule has 0 atom stereocenters. The fourth-order valence-electron chi connectivity index (χ4n) is 2.53. The molecular weight excluding hydrogens is 244 g/mol. The summed E-state index contributed by atoms with van der Waals surface area (Å²) in [4.78, 5) is 0. The molecule has 0 amide bonds. The first-order valence-electron chi connectivity index (χ1n) is 7.73. The van der Waals surface area contributed by atoms with E-state index in [1.54, 1.807) is 0 Å². The topological polar surface area (TPSA) is 15.6 Å². The van der Waals surface area contributed by atoms with Gasteiger partial charge in [-0.25, -0.2) is 5.01 Å². The van der Waals surface area contributed by atoms with Crippen LogP contribution in [0.2, 0.25) is 0 Å². The molecule has 1 aromatic carbocycles. The SMILES string of the molecule is CC/C1=C/N(c2ccc(C(C)C)cc2C)/N=C\CCC1. The first-order chi connectivity index (χ1) is 9.61. The Morgan fingerprint density at radius 1 is 1.30 bits per heavy atom. The van der Waals surface area contributed by atoms with E-state index in [1.165, 1.54) is 35.2 Å². The molecule has 1 aliphatic rings. The molecule has 2 nitrogen and oxygen atoms in total. The molecule has 0 spiro atoms. The fourth-order valence-corrected chi connectivity index (χ4v) is 2.53. The van der Waals surface area contributed by atoms with Crippen LogP contribution in [0.3, 0.4) is 0 Å². The first-order valence-corrected chi connectivity index (χ1v) is 7.73. The van der Waals surface area contributed by atoms with Crippen LogP contribution in [0.15, 0.2) is 35.1 Å². The molecule has 0 saturated heterocycles. The summed E-state index contributed by atoms with van der Waals surface area (Å²) >= 11 is 0. The predicted molar refractivity (Wildman–Crippen MR) is 88.5 cm³/mol. The molecule has 108 valence electrons. The van der Waals surface area contributed by atoms with Gasteiger partial charge in [-0.15, -0.1) is 0 Å². The third-order valence-electron chi connectivity index (χ3n) is 3.93. The van der Waals surface area contributed by atoms with Crippen molar-refractivity contribution >= 4 is 11.9 Å². The number of rotatable bonds is 3. The Labute approximate surface area is 123 Å². The number of nitrogens with zero attached hydrogens (tertiary/aromatic N) is 2. The first kappa shape index (κ1) is 14.8. The lowest BCUT2D eigenvalue weighted by Gasteiger charge is -2.21. The number of hydrazone groups is 1. The minimum atomic E-state index is 0.570. The summed E-state index contributed by atoms with van der Waals surface area (Å²) in [7, 11) is 0. The lowest BCUT2D eigenvalue weighted by atomic mass is 10.00. The second kappa shape index (κ2) is 6.74. The van der Waals surface area contributed by atoms with Crippen LogP contribution in [0.1, 0.15) is 63.5 Å². The minimum absolute atomic E-state index is 0.570. The van der Waals surface area contributed by atoms with E-state index in [2.05, 4.69) is 62.2 Å². The normalized spacial score (nSPS) is 20.2. The Bertz CT molecular complexity index is 512. The van der Waals surface area contributed by atoms with Gasteiger partial charge >= 0.3 is 0 Å². The van der Waals surface area contributed by atoms with E-state index in [0.717, 1.165) is 12.8 Å². The van der Waals surface area contributed by atoms with E-state index in [-0.39, 0.29) is 0 Å². The Morgan fingerprint density at radius 3 is 2.75 bits per heavy atom. The molecule has 0 aromatic heterocycles. The molecule has 1 heterocycles. The van der Waals surface area contributed by atoms with Gasteiger partial charge in [-0.05, 0) is 55.7 Å². The maximum atomic E-state index is 4.62. The average molecular weight is 270 g/mol. The number of aryl methyl sites for hydroxylation is 1. The van der Waals surface area contributed by atoms with Gasteiger partial charge in [0.2, 0.25) is 0 Å². The summed E-state index contributed by atoms with van der Waals surface area (Å²) in [5, 5.41) is 6.67. The highest BCUT2D eigenvalue weighted by atomic mass is 15.4. The van der Waals surface area contributed by atoms with E-state index in [1.807, 2.05) is 6.21 Å². The van der Waals surface area contributed by atoms with Crippen LogP contribution in [0.5, 0.6) is 0 Å². The van der Waals surface area contributed by atoms with Crippen molar-refractivity contribution in [3.05, 3.63) is 41.1 Å². The van der Waals surface area contributed by atoms with Gasteiger partial charge in [-0.3, -0.25) is 0 Å². The Balaban J connectivity index is 2.35. The van der Waals surface area contributed by atoms with Crippen molar-refractivity contribution in [1.29, 1.82) is 0 Å². The summed E-state index contributed by atoms with van der Waals surface area (Å²) in [6.07, 6.45) is 8.82. The molecule has 0 radical (unpaired) electrons. The van der Waals surface area contributed by atoms with Crippen LogP contribution in [0.4, 0.5) is 5.69 Å². The van der Waals surface area contributed by atoms with Crippen molar-refractivity contribution in [1.82, 2.24) is 0 Å². The van der Waals surface area contributed by atoms with Crippen molar-refractivity contribution in [2.75, 3.05) is 5.01 Å². The molecule has 0 bridgehead atoms. The summed E-state index contributed by atoms with van der Waals surface area (Å²) in [5.41, 5.74) is 5.36. The van der Waals surface area contributed by atoms with Crippen LogP contribution < -0.4 is 5.01 Å². The molecule has 1 aromatic rings. The second-order valence-electron chi connectivity index (χ2n) is 5.88. The average Bonchev–Trinajstić information content (AvgIpc) is 2.39. The lowest BCUT2D eigenvalue weighted by Crippen LogP contribution is -2.12. The number of anilines is 1. The minimum Gasteiger partial charge on any atom is -0.241 e. The van der Waals surface area contributed by atoms with Crippen LogP contribution in [0, 0.1) is 6.92 Å². The predicted octanol–water partition coefficient (Wildman–Crippen LogP) is 5.39. The molecule has 0 unspecified atom stereocenters. The third-order valence-corrected chi connectivity index (χ3v) is 3.93. The molecule has 2 heteroatoms. The fraction of sp³-hybridized carbons (Fsp3) is 0.500. The van der Waals surface area contributed by atoms with E-state index in [9.17, 15) is 0 Å². The Hall–Kier alpha value is -1.57. The highest BCUT2D eigenvalue weighted by Gasteiger charge is 2.10. The highest BCUT2D eigenvalue weighted by molar-refractivity contribution is 5.64. The van der Waals surface area contributed by atoms with Crippen molar-refractivity contribution in [2.45, 2.75) is 59.3 Å². The van der Waals surface area contributed by atoms with Gasteiger partial charge in [0.05, 0.1) is 5.69 Å². The van der Waals surface area contributed by atoms with Crippen LogP contribution in [-0.2, 0) is 0 Å². The van der Waals surface area contributed by atoms with Gasteiger partial charge in [0, 0.05) is 12.4 Å². The number of hydrogen-bond donors (Lipinski definition) is 0. The van der Waals surface area contributed by atoms with E-state index in [4.69, 9.17) is 0 Å². The standard InChI is InChI=1S/C18H26N2/c1-5-16-8-6-7-11-19-20(13-16)18-10-9-17(14(2)3)12-15(18)4/h9-14H,5-8H2,1-4H3/b16-13-,19-11-. The molecule has 0 saturated carbocycles. The third kappa shape index (κ3) is 3.50. The van der Waals surface area contributed by atoms with Gasteiger partial charge in [0.25, 0.3) is 0 Å². The summed E-state index contributed by atoms with van der Waals surface area (Å²) in [6, 6.07) is 6.71. The lowest BCUT2D eigenvalue weighted by molar-refractivity contribution is 0.801. The molecule has 0 aliphatic carbocycles. The maximum absolute atomic E-state index is 4.62. The van der Waals surface area contributed by atoms with Gasteiger partial charge in [-0.1, -0.05) is 38.5 Å². The number of benzene rings is 1. The largest absolute Gasteiger partial charge is 0.241 e. The van der Waals surface area contributed by atoms with E-state index >= 15 is 0 Å². The zero-order chi connectivity index (χ0) is 14.5. The molecule has 20 heavy (non-hydrogen) atoms. The Morgan fingerprint density at radius 2 is 2.10 bits per heavy atom. The van der Waals surface area contributed by atoms with Crippen molar-refractivity contribution in [2.24, 2.45) is 5.10 Å². The maximum Gasteiger partial charge on any atom is 0.0674 e. The molecule has 0 N–H and O–H groups in total. The molecule has 0 fully saturated rings. The zero-order valence-electron chi connectivity index (χ0n) is 13.2. The summed E-state index contributed by atoms with van der Waals surface area (Å²) < 4.78 is 0. The van der Waals surface area contributed by atoms with Gasteiger partial charge in [0.15, 0.2) is 0 Å². The molecular formula is C18H26N2. The van der Waals surface area contributed by atoms with Gasteiger partial charge in [-0.2, -0.15) is 5.10 Å². The van der Waals surface area contributed by atoms with Crippen LogP contribution in [0.25, 0.3) is 0 Å². The number of hydrogen-bond acceptors (Lipinski definition) is 2. The van der Waals surface area contributed by atoms with Gasteiger partial charge in [0.1, 0.15) is 0 Å². The Kier molecular flexibility index (Phi) is 4.99. The zero-order valence-corrected chi connectivity index (χ0v) is 13.2. The van der Waals surface area contributed by atoms with Crippen molar-refractivity contribution < 1.29 is 0 Å². The van der Waals surface area contributed by atoms with Crippen LogP contribution >= 0.6 is 0 Å². The van der Waals surface area contributed by atoms with Crippen molar-refractivity contribution in [3.8, 4) is 0 Å². The smallest absolute Gasteiger partial charge is 0.0674 e. The summed E-state index contributed by atoms with van der Waals surface area (Å²) in [5.74, 6) is 0.570. The van der Waals surface area contributed by atoms with Gasteiger partial charge < -0.3 is 0 Å². The molecule has 1 aliphatic heterocycles. The van der Waals surface area contributed by atoms with Crippen molar-refractivity contribution in [3.63, 3.8) is 0 Å². The monoisotopic (exact) mass is 270 g/mol. The summed E-state index contributed by atoms with van der Waals surface area (Å²) in [6.45, 7) is 8.87. The highest BCUT2D eigenvalue weighted by Crippen LogP contribution is 2.27. The van der Waals surface area contributed by atoms with E-state index in [0.29, 0.717) is 5.92 Å². The second-order valence-corrected chi connectivity index (χ2v) is 5.88. The quantitative estimate of drug-likeness (QED) is 0.719. The molecule has 2 rings (SSSR count). The van der Waals surface area contributed by atoms with E-state index < -0.39 is 0 Å².